The van der Waals surface area contributed by atoms with E-state index in [0.29, 0.717) is 6.04 Å². The standard InChI is InChI=1S/C11H20N4/c1-2-7-12-10(6-5-9-3-4-9)11-8-13-15-14-11/h8-10,12H,2-7H2,1H3,(H,13,14,15). The summed E-state index contributed by atoms with van der Waals surface area (Å²) >= 11 is 0. The zero-order valence-corrected chi connectivity index (χ0v) is 9.37. The Bertz CT molecular complexity index is 266. The number of rotatable bonds is 7. The fourth-order valence-electron chi connectivity index (χ4n) is 1.86. The number of nitrogens with one attached hydrogen (secondary N) is 2. The van der Waals surface area contributed by atoms with Crippen molar-refractivity contribution in [2.45, 2.75) is 45.1 Å². The van der Waals surface area contributed by atoms with Crippen molar-refractivity contribution < 1.29 is 0 Å². The van der Waals surface area contributed by atoms with Gasteiger partial charge in [-0.15, -0.1) is 0 Å². The van der Waals surface area contributed by atoms with Crippen LogP contribution in [-0.2, 0) is 0 Å². The van der Waals surface area contributed by atoms with E-state index in [9.17, 15) is 0 Å². The summed E-state index contributed by atoms with van der Waals surface area (Å²) in [6.45, 7) is 3.25. The minimum atomic E-state index is 0.393. The summed E-state index contributed by atoms with van der Waals surface area (Å²) in [4.78, 5) is 0. The van der Waals surface area contributed by atoms with Gasteiger partial charge in [-0.2, -0.15) is 15.4 Å². The summed E-state index contributed by atoms with van der Waals surface area (Å²) in [7, 11) is 0. The van der Waals surface area contributed by atoms with Crippen molar-refractivity contribution in [3.63, 3.8) is 0 Å². The van der Waals surface area contributed by atoms with Crippen molar-refractivity contribution in [1.82, 2.24) is 20.7 Å². The van der Waals surface area contributed by atoms with Crippen LogP contribution in [0.25, 0.3) is 0 Å². The first-order valence-electron chi connectivity index (χ1n) is 5.99. The van der Waals surface area contributed by atoms with Gasteiger partial charge in [-0.25, -0.2) is 0 Å². The van der Waals surface area contributed by atoms with Crippen LogP contribution in [0.1, 0.15) is 50.8 Å². The summed E-state index contributed by atoms with van der Waals surface area (Å²) in [5, 5.41) is 14.3. The van der Waals surface area contributed by atoms with Gasteiger partial charge in [0.1, 0.15) is 0 Å². The maximum atomic E-state index is 4.17. The molecule has 0 spiro atoms. The maximum Gasteiger partial charge on any atom is 0.0993 e. The minimum absolute atomic E-state index is 0.393. The van der Waals surface area contributed by atoms with Gasteiger partial charge in [0.25, 0.3) is 0 Å². The molecule has 1 atom stereocenters. The number of H-pyrrole nitrogens is 1. The van der Waals surface area contributed by atoms with Crippen LogP contribution in [-0.4, -0.2) is 22.0 Å². The van der Waals surface area contributed by atoms with Crippen LogP contribution in [0.5, 0.6) is 0 Å². The van der Waals surface area contributed by atoms with Crippen molar-refractivity contribution in [3.05, 3.63) is 11.9 Å². The molecule has 0 amide bonds. The second kappa shape index (κ2) is 5.26. The quantitative estimate of drug-likeness (QED) is 0.721. The van der Waals surface area contributed by atoms with Gasteiger partial charge in [0, 0.05) is 0 Å². The van der Waals surface area contributed by atoms with Gasteiger partial charge in [-0.1, -0.05) is 19.8 Å². The molecule has 0 aromatic carbocycles. The zero-order valence-electron chi connectivity index (χ0n) is 9.37. The van der Waals surface area contributed by atoms with Crippen LogP contribution in [0.15, 0.2) is 6.20 Å². The van der Waals surface area contributed by atoms with Gasteiger partial charge < -0.3 is 5.32 Å². The van der Waals surface area contributed by atoms with Crippen LogP contribution in [0.2, 0.25) is 0 Å². The third-order valence-corrected chi connectivity index (χ3v) is 2.99. The van der Waals surface area contributed by atoms with E-state index in [1.165, 1.54) is 25.7 Å². The molecular weight excluding hydrogens is 188 g/mol. The van der Waals surface area contributed by atoms with Crippen LogP contribution in [0.4, 0.5) is 0 Å². The Hall–Kier alpha value is -0.900. The highest BCUT2D eigenvalue weighted by Gasteiger charge is 2.23. The van der Waals surface area contributed by atoms with E-state index in [-0.39, 0.29) is 0 Å². The molecule has 1 fully saturated rings. The van der Waals surface area contributed by atoms with E-state index < -0.39 is 0 Å². The van der Waals surface area contributed by atoms with Gasteiger partial charge in [0.15, 0.2) is 0 Å². The smallest absolute Gasteiger partial charge is 0.0993 e. The van der Waals surface area contributed by atoms with Gasteiger partial charge >= 0.3 is 0 Å². The molecule has 0 radical (unpaired) electrons. The molecule has 2 N–H and O–H groups in total. The zero-order chi connectivity index (χ0) is 10.5. The number of aromatic nitrogens is 3. The highest BCUT2D eigenvalue weighted by molar-refractivity contribution is 4.99. The average molecular weight is 208 g/mol. The van der Waals surface area contributed by atoms with Crippen molar-refractivity contribution in [3.8, 4) is 0 Å². The molecule has 1 saturated carbocycles. The molecule has 0 saturated heterocycles. The molecule has 1 unspecified atom stereocenters. The molecule has 1 heterocycles. The van der Waals surface area contributed by atoms with Gasteiger partial charge in [0.2, 0.25) is 0 Å². The topological polar surface area (TPSA) is 53.6 Å². The maximum absolute atomic E-state index is 4.17. The van der Waals surface area contributed by atoms with Crippen LogP contribution in [0, 0.1) is 5.92 Å². The summed E-state index contributed by atoms with van der Waals surface area (Å²) in [6, 6.07) is 0.393. The Morgan fingerprint density at radius 2 is 2.47 bits per heavy atom. The first-order chi connectivity index (χ1) is 7.40. The number of hydrogen-bond acceptors (Lipinski definition) is 3. The molecule has 1 aliphatic carbocycles. The fraction of sp³-hybridized carbons (Fsp3) is 0.818. The minimum Gasteiger partial charge on any atom is -0.309 e. The molecule has 0 aliphatic heterocycles. The lowest BCUT2D eigenvalue weighted by Crippen LogP contribution is -2.22. The molecule has 1 aromatic heterocycles. The van der Waals surface area contributed by atoms with Crippen LogP contribution in [0.3, 0.4) is 0 Å². The molecule has 1 aromatic rings. The molecule has 1 aliphatic rings. The molecule has 4 heteroatoms. The van der Waals surface area contributed by atoms with E-state index in [1.54, 1.807) is 0 Å². The van der Waals surface area contributed by atoms with E-state index in [2.05, 4.69) is 27.7 Å². The number of nitrogens with zero attached hydrogens (tertiary/aromatic N) is 2. The first kappa shape index (κ1) is 10.6. The van der Waals surface area contributed by atoms with Crippen LogP contribution >= 0.6 is 0 Å². The molecule has 84 valence electrons. The first-order valence-corrected chi connectivity index (χ1v) is 5.99. The summed E-state index contributed by atoms with van der Waals surface area (Å²) < 4.78 is 0. The van der Waals surface area contributed by atoms with Gasteiger partial charge in [0.05, 0.1) is 17.9 Å². The molecular formula is C11H20N4. The fourth-order valence-corrected chi connectivity index (χ4v) is 1.86. The highest BCUT2D eigenvalue weighted by atomic mass is 15.3. The molecule has 2 rings (SSSR count). The number of aromatic amines is 1. The third-order valence-electron chi connectivity index (χ3n) is 2.99. The predicted octanol–water partition coefficient (Wildman–Crippen LogP) is 2.04. The Labute approximate surface area is 90.8 Å². The summed E-state index contributed by atoms with van der Waals surface area (Å²) in [5.74, 6) is 0.989. The number of hydrogen-bond donors (Lipinski definition) is 2. The van der Waals surface area contributed by atoms with E-state index >= 15 is 0 Å². The van der Waals surface area contributed by atoms with Gasteiger partial charge in [-0.3, -0.25) is 0 Å². The summed E-state index contributed by atoms with van der Waals surface area (Å²) in [6.07, 6.45) is 8.38. The predicted molar refractivity (Wildman–Crippen MR) is 59.4 cm³/mol. The van der Waals surface area contributed by atoms with E-state index in [4.69, 9.17) is 0 Å². The van der Waals surface area contributed by atoms with Crippen molar-refractivity contribution in [1.29, 1.82) is 0 Å². The second-order valence-corrected chi connectivity index (χ2v) is 4.42. The Kier molecular flexibility index (Phi) is 3.72. The van der Waals surface area contributed by atoms with Crippen molar-refractivity contribution in [2.24, 2.45) is 5.92 Å². The molecule has 0 bridgehead atoms. The van der Waals surface area contributed by atoms with Crippen LogP contribution < -0.4 is 5.32 Å². The van der Waals surface area contributed by atoms with E-state index in [1.807, 2.05) is 6.20 Å². The highest BCUT2D eigenvalue weighted by Crippen LogP contribution is 2.35. The third kappa shape index (κ3) is 3.30. The van der Waals surface area contributed by atoms with Gasteiger partial charge in [-0.05, 0) is 31.7 Å². The lowest BCUT2D eigenvalue weighted by atomic mass is 10.1. The normalized spacial score (nSPS) is 17.9. The summed E-state index contributed by atoms with van der Waals surface area (Å²) in [5.41, 5.74) is 1.06. The molecule has 15 heavy (non-hydrogen) atoms. The monoisotopic (exact) mass is 208 g/mol. The average Bonchev–Trinajstić information content (AvgIpc) is 2.92. The van der Waals surface area contributed by atoms with E-state index in [0.717, 1.165) is 24.6 Å². The SMILES string of the molecule is CCCNC(CCC1CC1)c1cn[nH]n1. The Balaban J connectivity index is 1.83. The second-order valence-electron chi connectivity index (χ2n) is 4.42. The van der Waals surface area contributed by atoms with Crippen molar-refractivity contribution in [2.75, 3.05) is 6.54 Å². The lowest BCUT2D eigenvalue weighted by molar-refractivity contribution is 0.460. The largest absolute Gasteiger partial charge is 0.309 e. The Morgan fingerprint density at radius 3 is 3.07 bits per heavy atom. The Morgan fingerprint density at radius 1 is 1.60 bits per heavy atom. The molecule has 4 nitrogen and oxygen atoms in total. The van der Waals surface area contributed by atoms with Crippen molar-refractivity contribution >= 4 is 0 Å². The lowest BCUT2D eigenvalue weighted by Gasteiger charge is -2.15.